The van der Waals surface area contributed by atoms with Crippen LogP contribution < -0.4 is 14.2 Å². The van der Waals surface area contributed by atoms with Crippen LogP contribution in [0.1, 0.15) is 5.82 Å². The van der Waals surface area contributed by atoms with E-state index in [1.165, 1.54) is 0 Å². The minimum absolute atomic E-state index is 0.350. The van der Waals surface area contributed by atoms with E-state index in [-0.39, 0.29) is 0 Å². The average Bonchev–Trinajstić information content (AvgIpc) is 3.11. The van der Waals surface area contributed by atoms with Crippen LogP contribution in [0.4, 0.5) is 0 Å². The fraction of sp³-hybridized carbons (Fsp3) is 0.174. The lowest BCUT2D eigenvalue weighted by atomic mass is 10.3. The summed E-state index contributed by atoms with van der Waals surface area (Å²) >= 11 is 5.93. The molecule has 0 amide bonds. The van der Waals surface area contributed by atoms with Crippen LogP contribution in [0.15, 0.2) is 72.8 Å². The van der Waals surface area contributed by atoms with Crippen molar-refractivity contribution in [2.24, 2.45) is 0 Å². The van der Waals surface area contributed by atoms with Gasteiger partial charge in [0.2, 0.25) is 0 Å². The summed E-state index contributed by atoms with van der Waals surface area (Å²) in [5, 5.41) is 0.690. The summed E-state index contributed by atoms with van der Waals surface area (Å²) < 4.78 is 19.2. The van der Waals surface area contributed by atoms with Crippen molar-refractivity contribution in [3.8, 4) is 17.2 Å². The van der Waals surface area contributed by atoms with Crippen molar-refractivity contribution in [2.45, 2.75) is 13.2 Å². The lowest BCUT2D eigenvalue weighted by Gasteiger charge is -2.12. The molecule has 5 nitrogen and oxygen atoms in total. The van der Waals surface area contributed by atoms with Gasteiger partial charge in [-0.2, -0.15) is 0 Å². The van der Waals surface area contributed by atoms with Crippen LogP contribution in [0.2, 0.25) is 5.02 Å². The molecule has 0 bridgehead atoms. The molecule has 0 radical (unpaired) electrons. The predicted octanol–water partition coefficient (Wildman–Crippen LogP) is 5.36. The smallest absolute Gasteiger partial charge is 0.148 e. The number of ether oxygens (including phenoxy) is 3. The molecule has 1 heterocycles. The molecule has 6 heteroatoms. The van der Waals surface area contributed by atoms with Gasteiger partial charge >= 0.3 is 0 Å². The quantitative estimate of drug-likeness (QED) is 0.394. The molecule has 29 heavy (non-hydrogen) atoms. The van der Waals surface area contributed by atoms with Gasteiger partial charge < -0.3 is 18.8 Å². The Morgan fingerprint density at radius 3 is 2.48 bits per heavy atom. The third kappa shape index (κ3) is 4.63. The van der Waals surface area contributed by atoms with Crippen molar-refractivity contribution in [3.63, 3.8) is 0 Å². The first-order chi connectivity index (χ1) is 14.2. The van der Waals surface area contributed by atoms with E-state index in [1.54, 1.807) is 7.11 Å². The molecule has 0 aliphatic heterocycles. The summed E-state index contributed by atoms with van der Waals surface area (Å²) in [5.41, 5.74) is 1.99. The second-order valence-corrected chi connectivity index (χ2v) is 6.87. The average molecular weight is 409 g/mol. The molecule has 0 aliphatic rings. The minimum Gasteiger partial charge on any atom is -0.497 e. The second kappa shape index (κ2) is 8.88. The lowest BCUT2D eigenvalue weighted by molar-refractivity contribution is 0.271. The molecule has 148 valence electrons. The van der Waals surface area contributed by atoms with Crippen molar-refractivity contribution in [1.29, 1.82) is 0 Å². The number of aromatic nitrogens is 2. The SMILES string of the molecule is COc1cccc(OCc2nc3ccccc3n2CCOc2ccc(Cl)cc2)c1. The van der Waals surface area contributed by atoms with Gasteiger partial charge in [-0.05, 0) is 48.5 Å². The third-order valence-electron chi connectivity index (χ3n) is 4.54. The normalized spacial score (nSPS) is 10.8. The van der Waals surface area contributed by atoms with E-state index < -0.39 is 0 Å². The molecule has 3 aromatic carbocycles. The van der Waals surface area contributed by atoms with Gasteiger partial charge in [0, 0.05) is 11.1 Å². The van der Waals surface area contributed by atoms with Gasteiger partial charge in [0.1, 0.15) is 36.3 Å². The van der Waals surface area contributed by atoms with Crippen molar-refractivity contribution in [3.05, 3.63) is 83.6 Å². The molecular weight excluding hydrogens is 388 g/mol. The zero-order valence-electron chi connectivity index (χ0n) is 16.0. The maximum absolute atomic E-state index is 5.96. The van der Waals surface area contributed by atoms with Gasteiger partial charge in [0.25, 0.3) is 0 Å². The first-order valence-electron chi connectivity index (χ1n) is 9.32. The Balaban J connectivity index is 1.49. The standard InChI is InChI=1S/C23H21ClN2O3/c1-27-19-5-4-6-20(15-19)29-16-23-25-21-7-2-3-8-22(21)26(23)13-14-28-18-11-9-17(24)10-12-18/h2-12,15H,13-14,16H2,1H3. The number of hydrogen-bond donors (Lipinski definition) is 0. The Kier molecular flexibility index (Phi) is 5.86. The van der Waals surface area contributed by atoms with E-state index in [1.807, 2.05) is 66.7 Å². The monoisotopic (exact) mass is 408 g/mol. The summed E-state index contributed by atoms with van der Waals surface area (Å²) in [6.07, 6.45) is 0. The van der Waals surface area contributed by atoms with Gasteiger partial charge in [-0.3, -0.25) is 0 Å². The van der Waals surface area contributed by atoms with Gasteiger partial charge in [-0.1, -0.05) is 29.8 Å². The highest BCUT2D eigenvalue weighted by atomic mass is 35.5. The number of methoxy groups -OCH3 is 1. The largest absolute Gasteiger partial charge is 0.497 e. The third-order valence-corrected chi connectivity index (χ3v) is 4.79. The zero-order chi connectivity index (χ0) is 20.1. The molecule has 4 rings (SSSR count). The first kappa shape index (κ1) is 19.2. The highest BCUT2D eigenvalue weighted by molar-refractivity contribution is 6.30. The molecule has 0 fully saturated rings. The van der Waals surface area contributed by atoms with E-state index in [9.17, 15) is 0 Å². The molecule has 4 aromatic rings. The van der Waals surface area contributed by atoms with Crippen LogP contribution in [0.5, 0.6) is 17.2 Å². The fourth-order valence-electron chi connectivity index (χ4n) is 3.11. The number of halogens is 1. The minimum atomic E-state index is 0.350. The maximum atomic E-state index is 5.96. The van der Waals surface area contributed by atoms with Crippen molar-refractivity contribution < 1.29 is 14.2 Å². The van der Waals surface area contributed by atoms with Crippen LogP contribution >= 0.6 is 11.6 Å². The molecule has 0 saturated carbocycles. The molecular formula is C23H21ClN2O3. The summed E-state index contributed by atoms with van der Waals surface area (Å²) in [4.78, 5) is 4.74. The van der Waals surface area contributed by atoms with E-state index in [0.29, 0.717) is 24.8 Å². The Morgan fingerprint density at radius 1 is 0.862 bits per heavy atom. The molecule has 0 unspecified atom stereocenters. The number of imidazole rings is 1. The Morgan fingerprint density at radius 2 is 1.66 bits per heavy atom. The molecule has 0 spiro atoms. The second-order valence-electron chi connectivity index (χ2n) is 6.44. The summed E-state index contributed by atoms with van der Waals surface area (Å²) in [5.74, 6) is 3.12. The molecule has 0 aliphatic carbocycles. The van der Waals surface area contributed by atoms with Crippen LogP contribution in [0.3, 0.4) is 0 Å². The fourth-order valence-corrected chi connectivity index (χ4v) is 3.24. The number of fused-ring (bicyclic) bond motifs is 1. The number of para-hydroxylation sites is 2. The van der Waals surface area contributed by atoms with E-state index in [2.05, 4.69) is 10.6 Å². The van der Waals surface area contributed by atoms with Crippen LogP contribution in [-0.4, -0.2) is 23.3 Å². The molecule has 0 saturated heterocycles. The van der Waals surface area contributed by atoms with Crippen molar-refractivity contribution in [2.75, 3.05) is 13.7 Å². The highest BCUT2D eigenvalue weighted by Crippen LogP contribution is 2.22. The first-order valence-corrected chi connectivity index (χ1v) is 9.70. The van der Waals surface area contributed by atoms with Crippen molar-refractivity contribution >= 4 is 22.6 Å². The summed E-state index contributed by atoms with van der Waals surface area (Å²) in [6.45, 7) is 1.51. The van der Waals surface area contributed by atoms with E-state index in [0.717, 1.165) is 34.1 Å². The Labute approximate surface area is 174 Å². The van der Waals surface area contributed by atoms with E-state index in [4.69, 9.17) is 30.8 Å². The van der Waals surface area contributed by atoms with Gasteiger partial charge in [0.15, 0.2) is 0 Å². The van der Waals surface area contributed by atoms with Gasteiger partial charge in [-0.25, -0.2) is 4.98 Å². The topological polar surface area (TPSA) is 45.5 Å². The maximum Gasteiger partial charge on any atom is 0.148 e. The lowest BCUT2D eigenvalue weighted by Crippen LogP contribution is -2.13. The zero-order valence-corrected chi connectivity index (χ0v) is 16.8. The number of hydrogen-bond acceptors (Lipinski definition) is 4. The number of benzene rings is 3. The highest BCUT2D eigenvalue weighted by Gasteiger charge is 2.11. The molecule has 1 aromatic heterocycles. The van der Waals surface area contributed by atoms with Crippen LogP contribution in [0.25, 0.3) is 11.0 Å². The summed E-state index contributed by atoms with van der Waals surface area (Å²) in [7, 11) is 1.64. The summed E-state index contributed by atoms with van der Waals surface area (Å²) in [6, 6.07) is 22.9. The van der Waals surface area contributed by atoms with Crippen LogP contribution in [0, 0.1) is 0 Å². The van der Waals surface area contributed by atoms with Gasteiger partial charge in [-0.15, -0.1) is 0 Å². The van der Waals surface area contributed by atoms with Gasteiger partial charge in [0.05, 0.1) is 24.7 Å². The Hall–Kier alpha value is -3.18. The Bertz CT molecular complexity index is 1090. The predicted molar refractivity (Wildman–Crippen MR) is 114 cm³/mol. The van der Waals surface area contributed by atoms with Crippen LogP contribution in [-0.2, 0) is 13.2 Å². The number of rotatable bonds is 8. The number of nitrogens with zero attached hydrogens (tertiary/aromatic N) is 2. The molecule has 0 N–H and O–H groups in total. The van der Waals surface area contributed by atoms with E-state index >= 15 is 0 Å². The van der Waals surface area contributed by atoms with Crippen molar-refractivity contribution in [1.82, 2.24) is 9.55 Å². The molecule has 0 atom stereocenters.